The van der Waals surface area contributed by atoms with E-state index in [0.29, 0.717) is 12.1 Å². The lowest BCUT2D eigenvalue weighted by atomic mass is 10.1. The molecular formula is C12H23N3O. The van der Waals surface area contributed by atoms with Gasteiger partial charge in [0.15, 0.2) is 0 Å². The highest BCUT2D eigenvalue weighted by molar-refractivity contribution is 5.80. The van der Waals surface area contributed by atoms with E-state index in [1.54, 1.807) is 4.90 Å². The molecule has 0 aromatic carbocycles. The van der Waals surface area contributed by atoms with E-state index < -0.39 is 0 Å². The molecule has 4 nitrogen and oxygen atoms in total. The standard InChI is InChI=1S/C12H23N3O/c1-9(12(16)14(2)3)15-7-6-10-4-5-11(8-15)13-10/h9-11,13H,4-8H2,1-3H3. The Hall–Kier alpha value is -0.610. The van der Waals surface area contributed by atoms with Crippen molar-refractivity contribution in [3.8, 4) is 0 Å². The molecule has 2 fully saturated rings. The molecule has 0 saturated carbocycles. The van der Waals surface area contributed by atoms with E-state index in [1.165, 1.54) is 19.3 Å². The Kier molecular flexibility index (Phi) is 3.50. The molecule has 2 heterocycles. The summed E-state index contributed by atoms with van der Waals surface area (Å²) >= 11 is 0. The minimum atomic E-state index is 0.0242. The lowest BCUT2D eigenvalue weighted by Gasteiger charge is -2.30. The number of likely N-dealkylation sites (tertiary alicyclic amines) is 1. The molecule has 1 amide bonds. The number of amides is 1. The van der Waals surface area contributed by atoms with Crippen LogP contribution in [0.15, 0.2) is 0 Å². The zero-order valence-electron chi connectivity index (χ0n) is 10.6. The van der Waals surface area contributed by atoms with Gasteiger partial charge >= 0.3 is 0 Å². The predicted octanol–water partition coefficient (Wildman–Crippen LogP) is 0.289. The number of likely N-dealkylation sites (N-methyl/N-ethyl adjacent to an activating group) is 1. The molecule has 2 aliphatic rings. The summed E-state index contributed by atoms with van der Waals surface area (Å²) in [6.07, 6.45) is 3.76. The summed E-state index contributed by atoms with van der Waals surface area (Å²) in [6, 6.07) is 1.32. The molecule has 2 bridgehead atoms. The third-order valence-corrected chi connectivity index (χ3v) is 3.90. The highest BCUT2D eigenvalue weighted by Crippen LogP contribution is 2.21. The van der Waals surface area contributed by atoms with Crippen molar-refractivity contribution in [3.05, 3.63) is 0 Å². The molecule has 3 atom stereocenters. The Balaban J connectivity index is 1.96. The minimum Gasteiger partial charge on any atom is -0.347 e. The second kappa shape index (κ2) is 4.72. The lowest BCUT2D eigenvalue weighted by molar-refractivity contribution is -0.133. The van der Waals surface area contributed by atoms with Crippen molar-refractivity contribution < 1.29 is 4.79 Å². The topological polar surface area (TPSA) is 35.6 Å². The molecule has 2 saturated heterocycles. The van der Waals surface area contributed by atoms with Crippen molar-refractivity contribution in [1.82, 2.24) is 15.1 Å². The van der Waals surface area contributed by atoms with E-state index in [2.05, 4.69) is 10.2 Å². The van der Waals surface area contributed by atoms with Gasteiger partial charge in [0.2, 0.25) is 5.91 Å². The number of nitrogens with zero attached hydrogens (tertiary/aromatic N) is 2. The van der Waals surface area contributed by atoms with Crippen molar-refractivity contribution >= 4 is 5.91 Å². The van der Waals surface area contributed by atoms with Gasteiger partial charge in [0, 0.05) is 39.3 Å². The van der Waals surface area contributed by atoms with Crippen molar-refractivity contribution in [2.45, 2.75) is 44.3 Å². The first-order valence-electron chi connectivity index (χ1n) is 6.29. The van der Waals surface area contributed by atoms with Crippen LogP contribution in [0.25, 0.3) is 0 Å². The van der Waals surface area contributed by atoms with Crippen LogP contribution >= 0.6 is 0 Å². The van der Waals surface area contributed by atoms with Gasteiger partial charge in [0.05, 0.1) is 6.04 Å². The van der Waals surface area contributed by atoms with Gasteiger partial charge in [-0.3, -0.25) is 9.69 Å². The molecule has 0 radical (unpaired) electrons. The first kappa shape index (κ1) is 11.9. The molecule has 3 unspecified atom stereocenters. The molecule has 1 N–H and O–H groups in total. The molecule has 0 aromatic rings. The van der Waals surface area contributed by atoms with Crippen LogP contribution < -0.4 is 5.32 Å². The SMILES string of the molecule is CC(C(=O)N(C)C)N1CCC2CCC(C1)N2. The Labute approximate surface area is 98.0 Å². The van der Waals surface area contributed by atoms with E-state index in [1.807, 2.05) is 21.0 Å². The van der Waals surface area contributed by atoms with E-state index in [-0.39, 0.29) is 11.9 Å². The summed E-state index contributed by atoms with van der Waals surface area (Å²) in [6.45, 7) is 4.10. The smallest absolute Gasteiger partial charge is 0.239 e. The summed E-state index contributed by atoms with van der Waals surface area (Å²) in [5.74, 6) is 0.220. The molecule has 4 heteroatoms. The van der Waals surface area contributed by atoms with Crippen molar-refractivity contribution in [1.29, 1.82) is 0 Å². The van der Waals surface area contributed by atoms with Crippen molar-refractivity contribution in [2.75, 3.05) is 27.2 Å². The Morgan fingerprint density at radius 3 is 2.69 bits per heavy atom. The third-order valence-electron chi connectivity index (χ3n) is 3.90. The summed E-state index contributed by atoms with van der Waals surface area (Å²) < 4.78 is 0. The molecule has 0 spiro atoms. The number of carbonyl (C=O) groups excluding carboxylic acids is 1. The number of rotatable bonds is 2. The average molecular weight is 225 g/mol. The highest BCUT2D eigenvalue weighted by atomic mass is 16.2. The van der Waals surface area contributed by atoms with Crippen molar-refractivity contribution in [3.63, 3.8) is 0 Å². The summed E-state index contributed by atoms with van der Waals surface area (Å²) in [5.41, 5.74) is 0. The summed E-state index contributed by atoms with van der Waals surface area (Å²) in [4.78, 5) is 16.0. The number of hydrogen-bond acceptors (Lipinski definition) is 3. The van der Waals surface area contributed by atoms with Gasteiger partial charge in [-0.25, -0.2) is 0 Å². The van der Waals surface area contributed by atoms with Crippen LogP contribution in [0.2, 0.25) is 0 Å². The fraction of sp³-hybridized carbons (Fsp3) is 0.917. The van der Waals surface area contributed by atoms with Crippen LogP contribution in [-0.2, 0) is 4.79 Å². The lowest BCUT2D eigenvalue weighted by Crippen LogP contribution is -2.47. The summed E-state index contributed by atoms with van der Waals surface area (Å²) in [7, 11) is 3.67. The maximum Gasteiger partial charge on any atom is 0.239 e. The van der Waals surface area contributed by atoms with E-state index in [4.69, 9.17) is 0 Å². The van der Waals surface area contributed by atoms with E-state index >= 15 is 0 Å². The number of fused-ring (bicyclic) bond motifs is 2. The highest BCUT2D eigenvalue weighted by Gasteiger charge is 2.33. The quantitative estimate of drug-likeness (QED) is 0.734. The number of hydrogen-bond donors (Lipinski definition) is 1. The van der Waals surface area contributed by atoms with Crippen LogP contribution in [0.5, 0.6) is 0 Å². The fourth-order valence-corrected chi connectivity index (χ4v) is 2.85. The van der Waals surface area contributed by atoms with Gasteiger partial charge in [-0.1, -0.05) is 0 Å². The Morgan fingerprint density at radius 1 is 1.31 bits per heavy atom. The normalized spacial score (nSPS) is 32.2. The van der Waals surface area contributed by atoms with Gasteiger partial charge in [-0.2, -0.15) is 0 Å². The second-order valence-electron chi connectivity index (χ2n) is 5.33. The largest absolute Gasteiger partial charge is 0.347 e. The number of carbonyl (C=O) groups is 1. The first-order chi connectivity index (χ1) is 7.58. The average Bonchev–Trinajstić information content (AvgIpc) is 2.56. The zero-order valence-corrected chi connectivity index (χ0v) is 10.6. The van der Waals surface area contributed by atoms with E-state index in [0.717, 1.165) is 13.1 Å². The van der Waals surface area contributed by atoms with Crippen LogP contribution in [0.3, 0.4) is 0 Å². The molecule has 2 aliphatic heterocycles. The monoisotopic (exact) mass is 225 g/mol. The van der Waals surface area contributed by atoms with Gasteiger partial charge in [-0.15, -0.1) is 0 Å². The Morgan fingerprint density at radius 2 is 2.00 bits per heavy atom. The molecule has 2 rings (SSSR count). The maximum atomic E-state index is 11.9. The fourth-order valence-electron chi connectivity index (χ4n) is 2.85. The number of nitrogens with one attached hydrogen (secondary N) is 1. The minimum absolute atomic E-state index is 0.0242. The maximum absolute atomic E-state index is 11.9. The van der Waals surface area contributed by atoms with Gasteiger partial charge in [0.1, 0.15) is 0 Å². The molecule has 0 aliphatic carbocycles. The third kappa shape index (κ3) is 2.38. The zero-order chi connectivity index (χ0) is 11.7. The molecular weight excluding hydrogens is 202 g/mol. The van der Waals surface area contributed by atoms with Gasteiger partial charge in [-0.05, 0) is 26.2 Å². The molecule has 92 valence electrons. The van der Waals surface area contributed by atoms with Crippen LogP contribution in [0.1, 0.15) is 26.2 Å². The second-order valence-corrected chi connectivity index (χ2v) is 5.33. The molecule has 0 aromatic heterocycles. The van der Waals surface area contributed by atoms with Crippen molar-refractivity contribution in [2.24, 2.45) is 0 Å². The van der Waals surface area contributed by atoms with Crippen LogP contribution in [-0.4, -0.2) is 61.0 Å². The predicted molar refractivity (Wildman–Crippen MR) is 64.3 cm³/mol. The van der Waals surface area contributed by atoms with Crippen LogP contribution in [0.4, 0.5) is 0 Å². The first-order valence-corrected chi connectivity index (χ1v) is 6.29. The van der Waals surface area contributed by atoms with Gasteiger partial charge < -0.3 is 10.2 Å². The Bertz CT molecular complexity index is 267. The van der Waals surface area contributed by atoms with Gasteiger partial charge in [0.25, 0.3) is 0 Å². The van der Waals surface area contributed by atoms with Crippen LogP contribution in [0, 0.1) is 0 Å². The summed E-state index contributed by atoms with van der Waals surface area (Å²) in [5, 5.41) is 3.64. The van der Waals surface area contributed by atoms with E-state index in [9.17, 15) is 4.79 Å². The molecule has 16 heavy (non-hydrogen) atoms.